The van der Waals surface area contributed by atoms with Crippen LogP contribution in [-0.4, -0.2) is 29.1 Å². The fourth-order valence-electron chi connectivity index (χ4n) is 2.94. The van der Waals surface area contributed by atoms with E-state index in [4.69, 9.17) is 0 Å². The molecule has 0 aliphatic carbocycles. The number of nitrogens with one attached hydrogen (secondary N) is 1. The van der Waals surface area contributed by atoms with Crippen LogP contribution in [0.4, 0.5) is 11.6 Å². The van der Waals surface area contributed by atoms with Crippen molar-refractivity contribution in [2.75, 3.05) is 23.3 Å². The van der Waals surface area contributed by atoms with Crippen LogP contribution in [0.2, 0.25) is 0 Å². The molecule has 0 spiro atoms. The zero-order valence-electron chi connectivity index (χ0n) is 13.3. The van der Waals surface area contributed by atoms with Crippen molar-refractivity contribution in [1.29, 1.82) is 0 Å². The van der Waals surface area contributed by atoms with E-state index in [1.807, 2.05) is 0 Å². The molecule has 1 fully saturated rings. The van der Waals surface area contributed by atoms with Crippen molar-refractivity contribution in [2.24, 2.45) is 0 Å². The number of anilines is 2. The first-order valence-electron chi connectivity index (χ1n) is 8.00. The van der Waals surface area contributed by atoms with E-state index in [2.05, 4.69) is 47.9 Å². The minimum atomic E-state index is 0.430. The number of piperidine rings is 1. The molecule has 4 heteroatoms. The molecule has 1 saturated heterocycles. The van der Waals surface area contributed by atoms with E-state index in [1.165, 1.54) is 24.8 Å². The van der Waals surface area contributed by atoms with E-state index in [1.54, 1.807) is 6.33 Å². The van der Waals surface area contributed by atoms with Gasteiger partial charge in [0.15, 0.2) is 0 Å². The van der Waals surface area contributed by atoms with Crippen LogP contribution in [0, 0.1) is 0 Å². The van der Waals surface area contributed by atoms with Crippen LogP contribution in [0.15, 0.2) is 6.33 Å². The second-order valence-electron chi connectivity index (χ2n) is 6.08. The van der Waals surface area contributed by atoms with Gasteiger partial charge in [-0.3, -0.25) is 0 Å². The maximum absolute atomic E-state index is 4.62. The van der Waals surface area contributed by atoms with Crippen LogP contribution in [0.25, 0.3) is 0 Å². The minimum Gasteiger partial charge on any atom is -0.370 e. The average Bonchev–Trinajstić information content (AvgIpc) is 2.45. The molecule has 0 bridgehead atoms. The van der Waals surface area contributed by atoms with E-state index in [0.29, 0.717) is 12.0 Å². The summed E-state index contributed by atoms with van der Waals surface area (Å²) >= 11 is 0. The summed E-state index contributed by atoms with van der Waals surface area (Å²) in [7, 11) is 0. The monoisotopic (exact) mass is 276 g/mol. The van der Waals surface area contributed by atoms with Crippen molar-refractivity contribution in [1.82, 2.24) is 9.97 Å². The van der Waals surface area contributed by atoms with Crippen LogP contribution in [0.3, 0.4) is 0 Å². The summed E-state index contributed by atoms with van der Waals surface area (Å²) in [5.74, 6) is 2.59. The number of nitrogens with zero attached hydrogens (tertiary/aromatic N) is 3. The molecule has 4 nitrogen and oxygen atoms in total. The lowest BCUT2D eigenvalue weighted by Gasteiger charge is -2.36. The second kappa shape index (κ2) is 6.91. The van der Waals surface area contributed by atoms with Crippen molar-refractivity contribution in [3.05, 3.63) is 11.9 Å². The van der Waals surface area contributed by atoms with Gasteiger partial charge in [0.2, 0.25) is 0 Å². The Hall–Kier alpha value is -1.32. The van der Waals surface area contributed by atoms with Gasteiger partial charge >= 0.3 is 0 Å². The van der Waals surface area contributed by atoms with Crippen LogP contribution in [0.1, 0.15) is 64.9 Å². The van der Waals surface area contributed by atoms with E-state index < -0.39 is 0 Å². The number of hydrogen-bond acceptors (Lipinski definition) is 4. The molecule has 2 rings (SSSR count). The third-order valence-electron chi connectivity index (χ3n) is 4.06. The Labute approximate surface area is 123 Å². The lowest BCUT2D eigenvalue weighted by atomic mass is 9.99. The molecule has 1 aromatic heterocycles. The summed E-state index contributed by atoms with van der Waals surface area (Å²) in [4.78, 5) is 11.6. The summed E-state index contributed by atoms with van der Waals surface area (Å²) in [6.07, 6.45) is 6.68. The van der Waals surface area contributed by atoms with Gasteiger partial charge in [-0.15, -0.1) is 0 Å². The van der Waals surface area contributed by atoms with Crippen LogP contribution in [0.5, 0.6) is 0 Å². The van der Waals surface area contributed by atoms with Gasteiger partial charge in [-0.25, -0.2) is 9.97 Å². The highest BCUT2D eigenvalue weighted by Gasteiger charge is 2.25. The molecule has 0 amide bonds. The first-order valence-corrected chi connectivity index (χ1v) is 8.00. The molecule has 1 atom stereocenters. The molecule has 1 aliphatic rings. The Bertz CT molecular complexity index is 430. The summed E-state index contributed by atoms with van der Waals surface area (Å²) in [6, 6.07) is 0.579. The van der Waals surface area contributed by atoms with Crippen molar-refractivity contribution in [3.63, 3.8) is 0 Å². The van der Waals surface area contributed by atoms with Gasteiger partial charge in [0.25, 0.3) is 0 Å². The smallest absolute Gasteiger partial charge is 0.137 e. The van der Waals surface area contributed by atoms with Gasteiger partial charge in [-0.05, 0) is 38.5 Å². The van der Waals surface area contributed by atoms with Crippen LogP contribution < -0.4 is 10.2 Å². The van der Waals surface area contributed by atoms with Gasteiger partial charge in [0, 0.05) is 24.7 Å². The van der Waals surface area contributed by atoms with Crippen LogP contribution in [-0.2, 0) is 0 Å². The van der Waals surface area contributed by atoms with E-state index in [9.17, 15) is 0 Å². The second-order valence-corrected chi connectivity index (χ2v) is 6.08. The van der Waals surface area contributed by atoms with Crippen molar-refractivity contribution < 1.29 is 0 Å². The standard InChI is InChI=1S/C16H28N4/c1-5-9-17-15-14(12(2)3)16(19-11-18-15)20-10-7-6-8-13(20)4/h11-13H,5-10H2,1-4H3,(H,17,18,19). The predicted molar refractivity (Wildman–Crippen MR) is 85.6 cm³/mol. The van der Waals surface area contributed by atoms with Crippen molar-refractivity contribution in [3.8, 4) is 0 Å². The molecule has 20 heavy (non-hydrogen) atoms. The lowest BCUT2D eigenvalue weighted by Crippen LogP contribution is -2.39. The lowest BCUT2D eigenvalue weighted by molar-refractivity contribution is 0.479. The minimum absolute atomic E-state index is 0.430. The highest BCUT2D eigenvalue weighted by Crippen LogP contribution is 2.33. The zero-order chi connectivity index (χ0) is 14.5. The molecule has 1 aliphatic heterocycles. The Morgan fingerprint density at radius 2 is 2.15 bits per heavy atom. The van der Waals surface area contributed by atoms with Gasteiger partial charge < -0.3 is 10.2 Å². The topological polar surface area (TPSA) is 41.1 Å². The fourth-order valence-corrected chi connectivity index (χ4v) is 2.94. The Balaban J connectivity index is 2.35. The molecule has 112 valence electrons. The Kier molecular flexibility index (Phi) is 5.21. The first kappa shape index (κ1) is 15.1. The van der Waals surface area contributed by atoms with E-state index in [0.717, 1.165) is 31.1 Å². The molecule has 0 saturated carbocycles. The first-order chi connectivity index (χ1) is 9.65. The van der Waals surface area contributed by atoms with Crippen molar-refractivity contribution >= 4 is 11.6 Å². The molecule has 2 heterocycles. The molecule has 0 aromatic carbocycles. The summed E-state index contributed by atoms with van der Waals surface area (Å²) in [6.45, 7) is 11.0. The van der Waals surface area contributed by atoms with Gasteiger partial charge in [0.1, 0.15) is 18.0 Å². The number of hydrogen-bond donors (Lipinski definition) is 1. The SMILES string of the molecule is CCCNc1ncnc(N2CCCCC2C)c1C(C)C. The third kappa shape index (κ3) is 3.22. The van der Waals surface area contributed by atoms with Crippen LogP contribution >= 0.6 is 0 Å². The fraction of sp³-hybridized carbons (Fsp3) is 0.750. The predicted octanol–water partition coefficient (Wildman–Crippen LogP) is 3.80. The molecular weight excluding hydrogens is 248 g/mol. The molecule has 1 N–H and O–H groups in total. The van der Waals surface area contributed by atoms with Gasteiger partial charge in [-0.1, -0.05) is 20.8 Å². The maximum Gasteiger partial charge on any atom is 0.137 e. The molecule has 0 radical (unpaired) electrons. The van der Waals surface area contributed by atoms with Gasteiger partial charge in [0.05, 0.1) is 0 Å². The number of aromatic nitrogens is 2. The highest BCUT2D eigenvalue weighted by atomic mass is 15.2. The van der Waals surface area contributed by atoms with E-state index >= 15 is 0 Å². The Morgan fingerprint density at radius 3 is 2.80 bits per heavy atom. The molecule has 1 unspecified atom stereocenters. The summed E-state index contributed by atoms with van der Waals surface area (Å²) in [5, 5.41) is 3.46. The van der Waals surface area contributed by atoms with Crippen molar-refractivity contribution in [2.45, 2.75) is 65.3 Å². The average molecular weight is 276 g/mol. The normalized spacial score (nSPS) is 19.4. The summed E-state index contributed by atoms with van der Waals surface area (Å²) < 4.78 is 0. The van der Waals surface area contributed by atoms with E-state index in [-0.39, 0.29) is 0 Å². The largest absolute Gasteiger partial charge is 0.370 e. The van der Waals surface area contributed by atoms with Gasteiger partial charge in [-0.2, -0.15) is 0 Å². The Morgan fingerprint density at radius 1 is 1.35 bits per heavy atom. The molecule has 1 aromatic rings. The summed E-state index contributed by atoms with van der Waals surface area (Å²) in [5.41, 5.74) is 1.27. The highest BCUT2D eigenvalue weighted by molar-refractivity contribution is 5.60. The third-order valence-corrected chi connectivity index (χ3v) is 4.06. The number of rotatable bonds is 5. The quantitative estimate of drug-likeness (QED) is 0.888. The maximum atomic E-state index is 4.62. The molecular formula is C16H28N4. The zero-order valence-corrected chi connectivity index (χ0v) is 13.3.